The van der Waals surface area contributed by atoms with Crippen LogP contribution >= 0.6 is 11.6 Å². The molecule has 0 saturated carbocycles. The minimum Gasteiger partial charge on any atom is -0.493 e. The molecule has 0 bridgehead atoms. The topological polar surface area (TPSA) is 56.5 Å². The molecule has 0 fully saturated rings. The number of fused-ring (bicyclic) bond motifs is 1. The number of hydrogen-bond acceptors (Lipinski definition) is 4. The van der Waals surface area contributed by atoms with Gasteiger partial charge in [-0.05, 0) is 36.6 Å². The lowest BCUT2D eigenvalue weighted by atomic mass is 9.99. The Hall–Kier alpha value is -0.810. The number of ether oxygens (including phenoxy) is 2. The van der Waals surface area contributed by atoms with Gasteiger partial charge in [-0.25, -0.2) is 0 Å². The van der Waals surface area contributed by atoms with Gasteiger partial charge in [0.1, 0.15) is 5.75 Å². The Morgan fingerprint density at radius 1 is 1.56 bits per heavy atom. The molecule has 1 heterocycles. The van der Waals surface area contributed by atoms with Gasteiger partial charge in [0.2, 0.25) is 0 Å². The van der Waals surface area contributed by atoms with Crippen molar-refractivity contribution in [2.24, 2.45) is 5.84 Å². The quantitative estimate of drug-likeness (QED) is 0.631. The zero-order chi connectivity index (χ0) is 13.1. The molecule has 1 aliphatic heterocycles. The highest BCUT2D eigenvalue weighted by Crippen LogP contribution is 2.33. The Labute approximate surface area is 112 Å². The van der Waals surface area contributed by atoms with E-state index in [2.05, 4.69) is 5.43 Å². The molecule has 2 atom stereocenters. The maximum atomic E-state index is 6.13. The number of nitrogens with one attached hydrogen (secondary N) is 1. The van der Waals surface area contributed by atoms with Crippen molar-refractivity contribution in [2.75, 3.05) is 13.7 Å². The van der Waals surface area contributed by atoms with Gasteiger partial charge in [-0.1, -0.05) is 11.6 Å². The molecule has 0 aliphatic carbocycles. The third kappa shape index (κ3) is 2.78. The van der Waals surface area contributed by atoms with Crippen molar-refractivity contribution in [1.82, 2.24) is 5.43 Å². The van der Waals surface area contributed by atoms with E-state index in [4.69, 9.17) is 26.9 Å². The maximum absolute atomic E-state index is 6.13. The van der Waals surface area contributed by atoms with Gasteiger partial charge in [0.05, 0.1) is 18.8 Å². The highest BCUT2D eigenvalue weighted by Gasteiger charge is 2.22. The summed E-state index contributed by atoms with van der Waals surface area (Å²) in [5.74, 6) is 6.54. The van der Waals surface area contributed by atoms with Crippen molar-refractivity contribution in [1.29, 1.82) is 0 Å². The van der Waals surface area contributed by atoms with E-state index < -0.39 is 0 Å². The van der Waals surface area contributed by atoms with Crippen LogP contribution in [0.3, 0.4) is 0 Å². The molecule has 1 aromatic rings. The second-order valence-electron chi connectivity index (χ2n) is 4.57. The molecule has 4 nitrogen and oxygen atoms in total. The standard InChI is InChI=1S/C13H19ClN2O2/c1-8(17-2)12(16-15)7-10-6-11(14)5-9-3-4-18-13(9)10/h5-6,8,12,16H,3-4,7,15H2,1-2H3. The lowest BCUT2D eigenvalue weighted by Crippen LogP contribution is -2.45. The normalized spacial score (nSPS) is 17.1. The molecule has 0 spiro atoms. The molecular formula is C13H19ClN2O2. The second kappa shape index (κ2) is 5.89. The molecule has 1 aromatic carbocycles. The summed E-state index contributed by atoms with van der Waals surface area (Å²) in [4.78, 5) is 0. The minimum atomic E-state index is 0.0195. The van der Waals surface area contributed by atoms with Crippen molar-refractivity contribution in [3.63, 3.8) is 0 Å². The molecule has 2 rings (SSSR count). The fourth-order valence-corrected chi connectivity index (χ4v) is 2.52. The molecule has 0 aromatic heterocycles. The highest BCUT2D eigenvalue weighted by atomic mass is 35.5. The van der Waals surface area contributed by atoms with E-state index in [0.717, 1.165) is 35.8 Å². The first-order chi connectivity index (χ1) is 8.65. The molecule has 0 amide bonds. The highest BCUT2D eigenvalue weighted by molar-refractivity contribution is 6.30. The molecule has 100 valence electrons. The lowest BCUT2D eigenvalue weighted by Gasteiger charge is -2.23. The van der Waals surface area contributed by atoms with Crippen molar-refractivity contribution < 1.29 is 9.47 Å². The summed E-state index contributed by atoms with van der Waals surface area (Å²) in [6, 6.07) is 3.94. The summed E-state index contributed by atoms with van der Waals surface area (Å²) in [6.45, 7) is 2.71. The van der Waals surface area contributed by atoms with Gasteiger partial charge >= 0.3 is 0 Å². The number of rotatable bonds is 5. The van der Waals surface area contributed by atoms with Gasteiger partial charge in [-0.15, -0.1) is 0 Å². The number of methoxy groups -OCH3 is 1. The lowest BCUT2D eigenvalue weighted by molar-refractivity contribution is 0.0829. The van der Waals surface area contributed by atoms with Crippen LogP contribution in [0.4, 0.5) is 0 Å². The monoisotopic (exact) mass is 270 g/mol. The first-order valence-electron chi connectivity index (χ1n) is 6.08. The zero-order valence-corrected chi connectivity index (χ0v) is 11.5. The van der Waals surface area contributed by atoms with E-state index >= 15 is 0 Å². The third-order valence-electron chi connectivity index (χ3n) is 3.42. The van der Waals surface area contributed by atoms with Gasteiger partial charge in [0.25, 0.3) is 0 Å². The average Bonchev–Trinajstić information content (AvgIpc) is 2.82. The number of hydrogen-bond donors (Lipinski definition) is 2. The predicted octanol–water partition coefficient (Wildman–Crippen LogP) is 1.68. The zero-order valence-electron chi connectivity index (χ0n) is 10.7. The van der Waals surface area contributed by atoms with Crippen LogP contribution in [0.1, 0.15) is 18.1 Å². The van der Waals surface area contributed by atoms with Crippen molar-refractivity contribution in [3.05, 3.63) is 28.3 Å². The number of hydrazine groups is 1. The number of halogens is 1. The molecule has 3 N–H and O–H groups in total. The van der Waals surface area contributed by atoms with Crippen LogP contribution in [0, 0.1) is 0 Å². The van der Waals surface area contributed by atoms with Crippen molar-refractivity contribution in [2.45, 2.75) is 31.9 Å². The summed E-state index contributed by atoms with van der Waals surface area (Å²) < 4.78 is 11.0. The molecule has 0 saturated heterocycles. The van der Waals surface area contributed by atoms with E-state index in [-0.39, 0.29) is 12.1 Å². The van der Waals surface area contributed by atoms with E-state index in [1.54, 1.807) is 7.11 Å². The second-order valence-corrected chi connectivity index (χ2v) is 5.01. The summed E-state index contributed by atoms with van der Waals surface area (Å²) in [7, 11) is 1.67. The first-order valence-corrected chi connectivity index (χ1v) is 6.46. The van der Waals surface area contributed by atoms with E-state index in [1.165, 1.54) is 5.56 Å². The van der Waals surface area contributed by atoms with Crippen LogP contribution in [0.25, 0.3) is 0 Å². The van der Waals surface area contributed by atoms with Crippen LogP contribution in [0.2, 0.25) is 5.02 Å². The Morgan fingerprint density at radius 3 is 3.00 bits per heavy atom. The van der Waals surface area contributed by atoms with Crippen molar-refractivity contribution >= 4 is 11.6 Å². The van der Waals surface area contributed by atoms with Gasteiger partial charge < -0.3 is 9.47 Å². The van der Waals surface area contributed by atoms with Gasteiger partial charge in [0, 0.05) is 18.6 Å². The van der Waals surface area contributed by atoms with E-state index in [9.17, 15) is 0 Å². The Kier molecular flexibility index (Phi) is 4.45. The molecule has 18 heavy (non-hydrogen) atoms. The largest absolute Gasteiger partial charge is 0.493 e. The summed E-state index contributed by atoms with van der Waals surface area (Å²) in [6.07, 6.45) is 1.67. The van der Waals surface area contributed by atoms with E-state index in [0.29, 0.717) is 0 Å². The van der Waals surface area contributed by atoms with Crippen LogP contribution in [0.5, 0.6) is 5.75 Å². The third-order valence-corrected chi connectivity index (χ3v) is 3.64. The van der Waals surface area contributed by atoms with Crippen LogP contribution in [-0.2, 0) is 17.6 Å². The SMILES string of the molecule is COC(C)C(Cc1cc(Cl)cc2c1OCC2)NN. The molecule has 1 aliphatic rings. The summed E-state index contributed by atoms with van der Waals surface area (Å²) >= 11 is 6.13. The Morgan fingerprint density at radius 2 is 2.33 bits per heavy atom. The van der Waals surface area contributed by atoms with E-state index in [1.807, 2.05) is 19.1 Å². The fraction of sp³-hybridized carbons (Fsp3) is 0.538. The minimum absolute atomic E-state index is 0.0195. The molecule has 0 radical (unpaired) electrons. The average molecular weight is 271 g/mol. The number of nitrogens with two attached hydrogens (primary N) is 1. The van der Waals surface area contributed by atoms with Gasteiger partial charge in [0.15, 0.2) is 0 Å². The predicted molar refractivity (Wildman–Crippen MR) is 71.9 cm³/mol. The Bertz CT molecular complexity index is 426. The number of benzene rings is 1. The molecule has 5 heteroatoms. The van der Waals surface area contributed by atoms with Crippen LogP contribution in [-0.4, -0.2) is 25.9 Å². The summed E-state index contributed by atoms with van der Waals surface area (Å²) in [5, 5.41) is 0.745. The fourth-order valence-electron chi connectivity index (χ4n) is 2.26. The molecular weight excluding hydrogens is 252 g/mol. The first kappa shape index (κ1) is 13.6. The van der Waals surface area contributed by atoms with Crippen molar-refractivity contribution in [3.8, 4) is 5.75 Å². The summed E-state index contributed by atoms with van der Waals surface area (Å²) in [5.41, 5.74) is 5.05. The van der Waals surface area contributed by atoms with Gasteiger partial charge in [-0.2, -0.15) is 0 Å². The van der Waals surface area contributed by atoms with Gasteiger partial charge in [-0.3, -0.25) is 11.3 Å². The maximum Gasteiger partial charge on any atom is 0.125 e. The molecule has 2 unspecified atom stereocenters. The van der Waals surface area contributed by atoms with Crippen LogP contribution < -0.4 is 16.0 Å². The Balaban J connectivity index is 2.23. The van der Waals surface area contributed by atoms with Crippen LogP contribution in [0.15, 0.2) is 12.1 Å². The smallest absolute Gasteiger partial charge is 0.125 e.